The average Bonchev–Trinajstić information content (AvgIpc) is 2.82. The maximum Gasteiger partial charge on any atom is 0.122 e. The minimum absolute atomic E-state index is 0.0707. The zero-order valence-corrected chi connectivity index (χ0v) is 25.5. The molecular formula is C34H54O3. The molecule has 0 fully saturated rings. The minimum atomic E-state index is -0.0707. The van der Waals surface area contributed by atoms with Gasteiger partial charge in [-0.1, -0.05) is 81.4 Å². The minimum Gasteiger partial charge on any atom is -0.507 e. The van der Waals surface area contributed by atoms with Crippen LogP contribution in [0.1, 0.15) is 127 Å². The van der Waals surface area contributed by atoms with Gasteiger partial charge in [0.25, 0.3) is 0 Å². The fourth-order valence-corrected chi connectivity index (χ4v) is 5.62. The van der Waals surface area contributed by atoms with Gasteiger partial charge < -0.3 is 14.9 Å². The van der Waals surface area contributed by atoms with E-state index in [2.05, 4.69) is 81.4 Å². The van der Waals surface area contributed by atoms with E-state index >= 15 is 0 Å². The van der Waals surface area contributed by atoms with Crippen molar-refractivity contribution in [3.8, 4) is 11.5 Å². The molecule has 0 saturated heterocycles. The maximum atomic E-state index is 11.0. The van der Waals surface area contributed by atoms with Crippen LogP contribution in [0.2, 0.25) is 0 Å². The van der Waals surface area contributed by atoms with E-state index in [-0.39, 0.29) is 10.8 Å². The summed E-state index contributed by atoms with van der Waals surface area (Å²) in [5, 5.41) is 22.0. The molecule has 0 amide bonds. The van der Waals surface area contributed by atoms with Crippen molar-refractivity contribution in [2.45, 2.75) is 131 Å². The van der Waals surface area contributed by atoms with Crippen LogP contribution in [0.3, 0.4) is 0 Å². The highest BCUT2D eigenvalue weighted by Crippen LogP contribution is 2.39. The number of aryl methyl sites for hydroxylation is 2. The predicted octanol–water partition coefficient (Wildman–Crippen LogP) is 8.52. The summed E-state index contributed by atoms with van der Waals surface area (Å²) in [6.45, 7) is 23.2. The summed E-state index contributed by atoms with van der Waals surface area (Å²) in [6.07, 6.45) is 7.43. The summed E-state index contributed by atoms with van der Waals surface area (Å²) >= 11 is 0. The second-order valence-corrected chi connectivity index (χ2v) is 12.5. The van der Waals surface area contributed by atoms with Crippen LogP contribution < -0.4 is 0 Å². The molecule has 0 saturated carbocycles. The van der Waals surface area contributed by atoms with Crippen LogP contribution in [0, 0.1) is 0 Å². The molecule has 2 aromatic rings. The molecular weight excluding hydrogens is 456 g/mol. The third-order valence-electron chi connectivity index (χ3n) is 7.74. The van der Waals surface area contributed by atoms with E-state index < -0.39 is 0 Å². The van der Waals surface area contributed by atoms with Gasteiger partial charge in [-0.3, -0.25) is 0 Å². The van der Waals surface area contributed by atoms with Crippen LogP contribution in [-0.2, 0) is 54.1 Å². The van der Waals surface area contributed by atoms with E-state index in [0.717, 1.165) is 86.8 Å². The van der Waals surface area contributed by atoms with Crippen molar-refractivity contribution >= 4 is 0 Å². The molecule has 0 heterocycles. The summed E-state index contributed by atoms with van der Waals surface area (Å²) in [5.74, 6) is 0.976. The highest BCUT2D eigenvalue weighted by atomic mass is 16.5. The Labute approximate surface area is 227 Å². The molecule has 2 aromatic carbocycles. The largest absolute Gasteiger partial charge is 0.507 e. The fraction of sp³-hybridized carbons (Fsp3) is 0.647. The molecule has 0 unspecified atom stereocenters. The Kier molecular flexibility index (Phi) is 11.1. The maximum absolute atomic E-state index is 11.0. The van der Waals surface area contributed by atoms with Crippen LogP contribution in [0.5, 0.6) is 11.5 Å². The van der Waals surface area contributed by atoms with Gasteiger partial charge in [0.05, 0.1) is 0 Å². The molecule has 0 aromatic heterocycles. The Hall–Kier alpha value is -2.00. The Morgan fingerprint density at radius 3 is 1.19 bits per heavy atom. The molecule has 3 heteroatoms. The SMILES string of the molecule is CCc1cc(C(C)(C)C)c(O)c(CC)c1CCCOCCCc1c(CC)cc(C(C)(C)C)c(O)c1CC. The molecule has 37 heavy (non-hydrogen) atoms. The van der Waals surface area contributed by atoms with E-state index in [0.29, 0.717) is 11.5 Å². The van der Waals surface area contributed by atoms with Crippen molar-refractivity contribution in [1.82, 2.24) is 0 Å². The number of aromatic hydroxyl groups is 2. The topological polar surface area (TPSA) is 49.7 Å². The lowest BCUT2D eigenvalue weighted by Gasteiger charge is -2.26. The number of hydrogen-bond acceptors (Lipinski definition) is 3. The van der Waals surface area contributed by atoms with Crippen molar-refractivity contribution in [3.63, 3.8) is 0 Å². The smallest absolute Gasteiger partial charge is 0.122 e. The van der Waals surface area contributed by atoms with Gasteiger partial charge in [-0.05, 0) is 107 Å². The van der Waals surface area contributed by atoms with Gasteiger partial charge >= 0.3 is 0 Å². The average molecular weight is 511 g/mol. The molecule has 0 atom stereocenters. The van der Waals surface area contributed by atoms with Crippen molar-refractivity contribution in [2.75, 3.05) is 13.2 Å². The number of benzene rings is 2. The summed E-state index contributed by atoms with van der Waals surface area (Å²) in [7, 11) is 0. The van der Waals surface area contributed by atoms with Crippen LogP contribution in [0.4, 0.5) is 0 Å². The van der Waals surface area contributed by atoms with E-state index in [1.807, 2.05) is 0 Å². The highest BCUT2D eigenvalue weighted by Gasteiger charge is 2.25. The lowest BCUT2D eigenvalue weighted by Crippen LogP contribution is -2.15. The third kappa shape index (κ3) is 7.53. The molecule has 0 aliphatic heterocycles. The first-order valence-electron chi connectivity index (χ1n) is 14.6. The highest BCUT2D eigenvalue weighted by molar-refractivity contribution is 5.53. The Balaban J connectivity index is 2.01. The summed E-state index contributed by atoms with van der Waals surface area (Å²) in [6, 6.07) is 4.45. The number of hydrogen-bond donors (Lipinski definition) is 2. The van der Waals surface area contributed by atoms with Crippen molar-refractivity contribution in [3.05, 3.63) is 56.6 Å². The third-order valence-corrected chi connectivity index (χ3v) is 7.74. The van der Waals surface area contributed by atoms with Gasteiger partial charge in [-0.2, -0.15) is 0 Å². The van der Waals surface area contributed by atoms with Crippen molar-refractivity contribution < 1.29 is 14.9 Å². The van der Waals surface area contributed by atoms with Crippen LogP contribution in [0.15, 0.2) is 12.1 Å². The van der Waals surface area contributed by atoms with Gasteiger partial charge in [0.1, 0.15) is 11.5 Å². The van der Waals surface area contributed by atoms with Crippen molar-refractivity contribution in [2.24, 2.45) is 0 Å². The zero-order chi connectivity index (χ0) is 28.0. The fourth-order valence-electron chi connectivity index (χ4n) is 5.62. The molecule has 0 aliphatic carbocycles. The lowest BCUT2D eigenvalue weighted by molar-refractivity contribution is 0.129. The number of ether oxygens (including phenoxy) is 1. The van der Waals surface area contributed by atoms with E-state index in [4.69, 9.17) is 4.74 Å². The normalized spacial score (nSPS) is 12.4. The molecule has 3 nitrogen and oxygen atoms in total. The van der Waals surface area contributed by atoms with Crippen LogP contribution in [-0.4, -0.2) is 23.4 Å². The molecule has 0 aliphatic rings. The first-order valence-corrected chi connectivity index (χ1v) is 14.6. The quantitative estimate of drug-likeness (QED) is 0.281. The van der Waals surface area contributed by atoms with Gasteiger partial charge in [0.15, 0.2) is 0 Å². The summed E-state index contributed by atoms with van der Waals surface area (Å²) < 4.78 is 6.06. The van der Waals surface area contributed by atoms with E-state index in [9.17, 15) is 10.2 Å². The molecule has 2 rings (SSSR count). The van der Waals surface area contributed by atoms with Crippen molar-refractivity contribution in [1.29, 1.82) is 0 Å². The lowest BCUT2D eigenvalue weighted by atomic mass is 9.80. The van der Waals surface area contributed by atoms with Gasteiger partial charge in [-0.25, -0.2) is 0 Å². The van der Waals surface area contributed by atoms with Crippen LogP contribution >= 0.6 is 0 Å². The van der Waals surface area contributed by atoms with Gasteiger partial charge in [0, 0.05) is 13.2 Å². The Bertz CT molecular complexity index is 951. The number of rotatable bonds is 12. The summed E-state index contributed by atoms with van der Waals surface area (Å²) in [4.78, 5) is 0. The first kappa shape index (κ1) is 31.2. The molecule has 208 valence electrons. The molecule has 0 spiro atoms. The monoisotopic (exact) mass is 510 g/mol. The van der Waals surface area contributed by atoms with Gasteiger partial charge in [-0.15, -0.1) is 0 Å². The number of phenols is 2. The van der Waals surface area contributed by atoms with Gasteiger partial charge in [0.2, 0.25) is 0 Å². The summed E-state index contributed by atoms with van der Waals surface area (Å²) in [5.41, 5.74) is 9.54. The Morgan fingerprint density at radius 2 is 0.919 bits per heavy atom. The standard InChI is InChI=1S/C34H54O3/c1-11-23-21-29(33(5,6)7)31(35)25(13-3)27(23)17-15-19-37-20-16-18-28-24(12-2)22-30(34(8,9)10)32(36)26(28)14-4/h21-22,35-36H,11-20H2,1-10H3. The molecule has 0 radical (unpaired) electrons. The van der Waals surface area contributed by atoms with Crippen LogP contribution in [0.25, 0.3) is 0 Å². The molecule has 2 N–H and O–H groups in total. The predicted molar refractivity (Wildman–Crippen MR) is 159 cm³/mol. The second kappa shape index (κ2) is 13.2. The van der Waals surface area contributed by atoms with E-state index in [1.54, 1.807) is 0 Å². The second-order valence-electron chi connectivity index (χ2n) is 12.5. The number of phenolic OH excluding ortho intramolecular Hbond substituents is 2. The Morgan fingerprint density at radius 1 is 0.568 bits per heavy atom. The molecule has 0 bridgehead atoms. The zero-order valence-electron chi connectivity index (χ0n) is 25.5. The van der Waals surface area contributed by atoms with E-state index in [1.165, 1.54) is 22.3 Å². The first-order chi connectivity index (χ1) is 17.3.